The molecule has 0 spiro atoms. The predicted molar refractivity (Wildman–Crippen MR) is 103 cm³/mol. The van der Waals surface area contributed by atoms with Gasteiger partial charge in [-0.2, -0.15) is 0 Å². The maximum absolute atomic E-state index is 12.7. The number of amides is 1. The van der Waals surface area contributed by atoms with Crippen LogP contribution in [0.4, 0.5) is 5.13 Å². The van der Waals surface area contributed by atoms with Crippen LogP contribution in [0.3, 0.4) is 0 Å². The first-order valence-corrected chi connectivity index (χ1v) is 10.2. The van der Waals surface area contributed by atoms with Crippen LogP contribution in [0.2, 0.25) is 0 Å². The monoisotopic (exact) mass is 388 g/mol. The summed E-state index contributed by atoms with van der Waals surface area (Å²) in [6.45, 7) is 0. The Morgan fingerprint density at radius 2 is 2.07 bits per heavy atom. The first kappa shape index (κ1) is 18.2. The Morgan fingerprint density at radius 3 is 2.78 bits per heavy atom. The van der Waals surface area contributed by atoms with Gasteiger partial charge in [0.15, 0.2) is 5.13 Å². The van der Waals surface area contributed by atoms with Gasteiger partial charge in [-0.3, -0.25) is 4.79 Å². The molecule has 2 aliphatic rings. The summed E-state index contributed by atoms with van der Waals surface area (Å²) >= 11 is 1.38. The van der Waals surface area contributed by atoms with Gasteiger partial charge in [-0.05, 0) is 43.6 Å². The van der Waals surface area contributed by atoms with Gasteiger partial charge in [0.1, 0.15) is 5.69 Å². The van der Waals surface area contributed by atoms with Crippen molar-refractivity contribution in [1.29, 1.82) is 0 Å². The minimum Gasteiger partial charge on any atom is -0.464 e. The third-order valence-electron chi connectivity index (χ3n) is 5.90. The van der Waals surface area contributed by atoms with Gasteiger partial charge in [0.2, 0.25) is 5.91 Å². The van der Waals surface area contributed by atoms with E-state index in [4.69, 9.17) is 10.5 Å². The number of anilines is 1. The highest BCUT2D eigenvalue weighted by atomic mass is 32.1. The molecule has 4 rings (SSSR count). The molecule has 2 saturated carbocycles. The smallest absolute Gasteiger partial charge is 0.354 e. The Hall–Kier alpha value is -2.19. The second kappa shape index (κ2) is 7.44. The first-order valence-electron chi connectivity index (χ1n) is 9.34. The third kappa shape index (κ3) is 3.64. The van der Waals surface area contributed by atoms with Crippen LogP contribution in [0.25, 0.3) is 11.3 Å². The Morgan fingerprint density at radius 1 is 1.33 bits per heavy atom. The summed E-state index contributed by atoms with van der Waals surface area (Å²) in [5, 5.41) is 5.42. The molecule has 0 radical (unpaired) electrons. The summed E-state index contributed by atoms with van der Waals surface area (Å²) in [6, 6.07) is 1.95. The maximum atomic E-state index is 12.7. The van der Waals surface area contributed by atoms with E-state index >= 15 is 0 Å². The number of fused-ring (bicyclic) bond motifs is 2. The molecule has 2 heterocycles. The molecule has 0 aromatic carbocycles. The fourth-order valence-corrected chi connectivity index (χ4v) is 5.17. The number of aromatic amines is 1. The lowest BCUT2D eigenvalue weighted by Crippen LogP contribution is -2.48. The molecule has 2 aromatic rings. The van der Waals surface area contributed by atoms with E-state index < -0.39 is 5.97 Å². The number of ether oxygens (including phenoxy) is 1. The largest absolute Gasteiger partial charge is 0.464 e. The van der Waals surface area contributed by atoms with Crippen LogP contribution in [-0.4, -0.2) is 35.0 Å². The van der Waals surface area contributed by atoms with E-state index in [0.717, 1.165) is 31.2 Å². The normalized spacial score (nSPS) is 27.2. The number of nitrogens with two attached hydrogens (primary N) is 1. The Labute approximate surface area is 161 Å². The van der Waals surface area contributed by atoms with Crippen LogP contribution in [0.5, 0.6) is 0 Å². The number of nitrogens with zero attached hydrogens (tertiary/aromatic N) is 1. The van der Waals surface area contributed by atoms with Crippen LogP contribution in [0.15, 0.2) is 17.6 Å². The van der Waals surface area contributed by atoms with Gasteiger partial charge in [-0.25, -0.2) is 9.78 Å². The molecule has 1 amide bonds. The van der Waals surface area contributed by atoms with Crippen molar-refractivity contribution in [2.45, 2.75) is 38.1 Å². The summed E-state index contributed by atoms with van der Waals surface area (Å²) < 4.78 is 4.70. The molecule has 0 aliphatic heterocycles. The molecule has 2 fully saturated rings. The number of aromatic nitrogens is 2. The molecule has 4 N–H and O–H groups in total. The average Bonchev–Trinajstić information content (AvgIpc) is 3.30. The van der Waals surface area contributed by atoms with Crippen molar-refractivity contribution in [2.24, 2.45) is 23.5 Å². The number of esters is 1. The highest BCUT2D eigenvalue weighted by Gasteiger charge is 2.40. The Bertz CT molecular complexity index is 832. The summed E-state index contributed by atoms with van der Waals surface area (Å²) in [4.78, 5) is 31.6. The van der Waals surface area contributed by atoms with Crippen molar-refractivity contribution < 1.29 is 14.3 Å². The molecular weight excluding hydrogens is 364 g/mol. The molecule has 2 atom stereocenters. The van der Waals surface area contributed by atoms with Gasteiger partial charge in [0, 0.05) is 29.1 Å². The van der Waals surface area contributed by atoms with Gasteiger partial charge in [0.25, 0.3) is 0 Å². The van der Waals surface area contributed by atoms with Crippen LogP contribution in [0, 0.1) is 17.8 Å². The fourth-order valence-electron chi connectivity index (χ4n) is 4.44. The van der Waals surface area contributed by atoms with Crippen molar-refractivity contribution in [1.82, 2.24) is 9.97 Å². The molecule has 8 heteroatoms. The SMILES string of the molecule is COC(=O)c1cc(-c2csc(NC(=O)C3CC4CCCC(C3)C4N)n2)c[nH]1. The van der Waals surface area contributed by atoms with Crippen molar-refractivity contribution in [2.75, 3.05) is 12.4 Å². The van der Waals surface area contributed by atoms with Crippen LogP contribution in [-0.2, 0) is 9.53 Å². The highest BCUT2D eigenvalue weighted by Crippen LogP contribution is 2.42. The molecule has 7 nitrogen and oxygen atoms in total. The van der Waals surface area contributed by atoms with E-state index in [-0.39, 0.29) is 17.9 Å². The van der Waals surface area contributed by atoms with Gasteiger partial charge in [-0.15, -0.1) is 11.3 Å². The summed E-state index contributed by atoms with van der Waals surface area (Å²) in [5.74, 6) is 0.578. The number of carbonyl (C=O) groups is 2. The number of thiazole rings is 1. The number of carbonyl (C=O) groups excluding carboxylic acids is 2. The van der Waals surface area contributed by atoms with Gasteiger partial charge < -0.3 is 20.8 Å². The maximum Gasteiger partial charge on any atom is 0.354 e. The highest BCUT2D eigenvalue weighted by molar-refractivity contribution is 7.14. The van der Waals surface area contributed by atoms with Crippen molar-refractivity contribution in [3.05, 3.63) is 23.3 Å². The Kier molecular flexibility index (Phi) is 5.01. The number of methoxy groups -OCH3 is 1. The standard InChI is InChI=1S/C19H24N4O3S/c1-26-18(25)14-7-13(8-21-14)15-9-27-19(22-15)23-17(24)12-5-10-3-2-4-11(6-12)16(10)20/h7-12,16,21H,2-6,20H2,1H3,(H,22,23,24). The number of rotatable bonds is 4. The summed E-state index contributed by atoms with van der Waals surface area (Å²) in [7, 11) is 1.34. The van der Waals surface area contributed by atoms with Crippen molar-refractivity contribution in [3.63, 3.8) is 0 Å². The predicted octanol–water partition coefficient (Wildman–Crippen LogP) is 3.02. The number of hydrogen-bond donors (Lipinski definition) is 3. The van der Waals surface area contributed by atoms with Crippen LogP contribution in [0.1, 0.15) is 42.6 Å². The van der Waals surface area contributed by atoms with E-state index in [2.05, 4.69) is 15.3 Å². The van der Waals surface area contributed by atoms with Crippen LogP contribution < -0.4 is 11.1 Å². The van der Waals surface area contributed by atoms with Gasteiger partial charge in [0.05, 0.1) is 12.8 Å². The second-order valence-corrected chi connectivity index (χ2v) is 8.38. The quantitative estimate of drug-likeness (QED) is 0.698. The summed E-state index contributed by atoms with van der Waals surface area (Å²) in [6.07, 6.45) is 6.97. The molecule has 2 unspecified atom stereocenters. The zero-order valence-corrected chi connectivity index (χ0v) is 16.1. The van der Waals surface area contributed by atoms with Crippen molar-refractivity contribution >= 4 is 28.3 Å². The molecule has 2 bridgehead atoms. The number of hydrogen-bond acceptors (Lipinski definition) is 6. The second-order valence-electron chi connectivity index (χ2n) is 7.52. The fraction of sp³-hybridized carbons (Fsp3) is 0.526. The van der Waals surface area contributed by atoms with E-state index in [1.54, 1.807) is 12.3 Å². The molecule has 144 valence electrons. The lowest BCUT2D eigenvalue weighted by Gasteiger charge is -2.43. The topological polar surface area (TPSA) is 110 Å². The zero-order chi connectivity index (χ0) is 19.0. The Balaban J connectivity index is 1.41. The van der Waals surface area contributed by atoms with Gasteiger partial charge in [-0.1, -0.05) is 6.42 Å². The number of nitrogens with one attached hydrogen (secondary N) is 2. The molecule has 2 aromatic heterocycles. The molecule has 0 saturated heterocycles. The summed E-state index contributed by atoms with van der Waals surface area (Å²) in [5.41, 5.74) is 8.19. The molecule has 2 aliphatic carbocycles. The van der Waals surface area contributed by atoms with E-state index in [1.165, 1.54) is 24.9 Å². The van der Waals surface area contributed by atoms with E-state index in [1.807, 2.05) is 5.38 Å². The first-order chi connectivity index (χ1) is 13.0. The van der Waals surface area contributed by atoms with Crippen LogP contribution >= 0.6 is 11.3 Å². The molecular formula is C19H24N4O3S. The van der Waals surface area contributed by atoms with E-state index in [0.29, 0.717) is 28.4 Å². The zero-order valence-electron chi connectivity index (χ0n) is 15.2. The minimum atomic E-state index is -0.425. The minimum absolute atomic E-state index is 0.0191. The van der Waals surface area contributed by atoms with Crippen molar-refractivity contribution in [3.8, 4) is 11.3 Å². The number of H-pyrrole nitrogens is 1. The van der Waals surface area contributed by atoms with Gasteiger partial charge >= 0.3 is 5.97 Å². The lowest BCUT2D eigenvalue weighted by molar-refractivity contribution is -0.122. The third-order valence-corrected chi connectivity index (χ3v) is 6.66. The lowest BCUT2D eigenvalue weighted by atomic mass is 9.65. The average molecular weight is 388 g/mol. The molecule has 27 heavy (non-hydrogen) atoms. The van der Waals surface area contributed by atoms with E-state index in [9.17, 15) is 9.59 Å².